The molecule has 9 heavy (non-hydrogen) atoms. The summed E-state index contributed by atoms with van der Waals surface area (Å²) in [6.45, 7) is 0. The molecular weight excluding hydrogens is 303 g/mol. The summed E-state index contributed by atoms with van der Waals surface area (Å²) in [6.07, 6.45) is 0. The molecule has 0 fully saturated rings. The Hall–Kier alpha value is 1.62. The summed E-state index contributed by atoms with van der Waals surface area (Å²) >= 11 is 0. The molecular formula is H4Cl4N2O2Ru-2. The van der Waals surface area contributed by atoms with Gasteiger partial charge in [0.2, 0.25) is 0 Å². The summed E-state index contributed by atoms with van der Waals surface area (Å²) in [4.78, 5) is 0. The molecule has 0 aromatic carbocycles. The monoisotopic (exact) mass is 306 g/mol. The Morgan fingerprint density at radius 1 is 0.778 bits per heavy atom. The fraction of sp³-hybridized carbons (Fsp3) is 0. The standard InChI is InChI=1S/4ClH.2H2NO.Ru/c;;;;2*1-2;/h4*1H;2*1H2;/q;;;;2*-1;+4/p-4. The van der Waals surface area contributed by atoms with E-state index in [9.17, 15) is 0 Å². The number of hydrogen-bond acceptors (Lipinski definition) is 4. The van der Waals surface area contributed by atoms with Crippen molar-refractivity contribution in [3.63, 3.8) is 0 Å². The molecule has 0 radical (unpaired) electrons. The Bertz CT molecular complexity index is 32.0. The molecule has 0 saturated heterocycles. The third kappa shape index (κ3) is 212. The van der Waals surface area contributed by atoms with Crippen molar-refractivity contribution in [3.8, 4) is 0 Å². The molecule has 0 aliphatic carbocycles. The van der Waals surface area contributed by atoms with E-state index in [-0.39, 0.29) is 0 Å². The van der Waals surface area contributed by atoms with Crippen LogP contribution >= 0.6 is 38.8 Å². The molecule has 9 heteroatoms. The second-order valence-corrected chi connectivity index (χ2v) is 16.1. The number of nitrogens with two attached hydrogens (primary N) is 2. The first-order valence-corrected chi connectivity index (χ1v) is 9.96. The first-order valence-electron chi connectivity index (χ1n) is 1.01. The minimum absolute atomic E-state index is 2.97. The third-order valence-electron chi connectivity index (χ3n) is 0. The molecule has 4 nitrogen and oxygen atoms in total. The average molecular weight is 307 g/mol. The van der Waals surface area contributed by atoms with Gasteiger partial charge in [0.1, 0.15) is 0 Å². The van der Waals surface area contributed by atoms with Crippen molar-refractivity contribution in [2.45, 2.75) is 0 Å². The van der Waals surface area contributed by atoms with Gasteiger partial charge in [-0.05, 0) is 0 Å². The van der Waals surface area contributed by atoms with Crippen molar-refractivity contribution in [2.24, 2.45) is 11.8 Å². The van der Waals surface area contributed by atoms with Gasteiger partial charge in [-0.15, -0.1) is 0 Å². The van der Waals surface area contributed by atoms with Crippen LogP contribution < -0.4 is 11.8 Å². The van der Waals surface area contributed by atoms with E-state index in [0.717, 1.165) is 0 Å². The SMILES string of the molecule is N[O-].N[O-].[Cl][Ru]([Cl])([Cl])[Cl]. The number of rotatable bonds is 0. The van der Waals surface area contributed by atoms with Crippen LogP contribution in [-0.4, -0.2) is 0 Å². The molecule has 0 aromatic heterocycles. The van der Waals surface area contributed by atoms with Gasteiger partial charge in [0.05, 0.1) is 0 Å². The molecule has 0 atom stereocenters. The van der Waals surface area contributed by atoms with Crippen LogP contribution in [0.4, 0.5) is 0 Å². The van der Waals surface area contributed by atoms with Crippen molar-refractivity contribution >= 4 is 38.8 Å². The molecule has 4 N–H and O–H groups in total. The van der Waals surface area contributed by atoms with E-state index >= 15 is 0 Å². The van der Waals surface area contributed by atoms with Crippen molar-refractivity contribution in [1.82, 2.24) is 0 Å². The summed E-state index contributed by atoms with van der Waals surface area (Å²) in [5.41, 5.74) is 0. The Balaban J connectivity index is -0.0000000771. The van der Waals surface area contributed by atoms with E-state index < -0.39 is 10.8 Å². The Morgan fingerprint density at radius 3 is 0.778 bits per heavy atom. The predicted octanol–water partition coefficient (Wildman–Crippen LogP) is 1.64. The number of hydrogen-bond donors (Lipinski definition) is 2. The summed E-state index contributed by atoms with van der Waals surface area (Å²) < 4.78 is 0. The van der Waals surface area contributed by atoms with Gasteiger partial charge in [-0.1, -0.05) is 0 Å². The quantitative estimate of drug-likeness (QED) is 0.525. The summed E-state index contributed by atoms with van der Waals surface area (Å²) in [5.74, 6) is 6.50. The van der Waals surface area contributed by atoms with Gasteiger partial charge < -0.3 is 22.2 Å². The predicted molar refractivity (Wildman–Crippen MR) is 38.5 cm³/mol. The van der Waals surface area contributed by atoms with E-state index in [1.165, 1.54) is 0 Å². The van der Waals surface area contributed by atoms with E-state index in [0.29, 0.717) is 0 Å². The fourth-order valence-corrected chi connectivity index (χ4v) is 0. The van der Waals surface area contributed by atoms with Crippen LogP contribution in [-0.2, 0) is 10.8 Å². The Labute approximate surface area is 71.5 Å². The van der Waals surface area contributed by atoms with Crippen LogP contribution in [0.5, 0.6) is 0 Å². The fourth-order valence-electron chi connectivity index (χ4n) is 0. The second kappa shape index (κ2) is 12.3. The molecule has 0 aliphatic heterocycles. The number of halogens is 4. The molecule has 0 spiro atoms. The minimum atomic E-state index is -2.97. The molecule has 0 saturated carbocycles. The summed E-state index contributed by atoms with van der Waals surface area (Å²) in [6, 6.07) is 0. The van der Waals surface area contributed by atoms with Crippen LogP contribution in [0.2, 0.25) is 0 Å². The zero-order valence-corrected chi connectivity index (χ0v) is 8.60. The van der Waals surface area contributed by atoms with Crippen molar-refractivity contribution in [1.29, 1.82) is 0 Å². The van der Waals surface area contributed by atoms with Crippen molar-refractivity contribution < 1.29 is 10.8 Å². The molecule has 64 valence electrons. The first-order chi connectivity index (χ1) is 4.00. The van der Waals surface area contributed by atoms with Crippen LogP contribution in [0.1, 0.15) is 0 Å². The maximum absolute atomic E-state index is 7.75. The van der Waals surface area contributed by atoms with E-state index in [2.05, 4.69) is 11.8 Å². The van der Waals surface area contributed by atoms with Gasteiger partial charge in [0.25, 0.3) is 0 Å². The van der Waals surface area contributed by atoms with Gasteiger partial charge in [-0.3, -0.25) is 0 Å². The third-order valence-corrected chi connectivity index (χ3v) is 0. The maximum atomic E-state index is 7.75. The van der Waals surface area contributed by atoms with Gasteiger partial charge in [0.15, 0.2) is 0 Å². The van der Waals surface area contributed by atoms with Crippen LogP contribution in [0, 0.1) is 10.4 Å². The molecule has 0 unspecified atom stereocenters. The average Bonchev–Trinajstić information content (AvgIpc) is 1.72. The first kappa shape index (κ1) is 16.9. The normalized spacial score (nSPS) is 9.78. The zero-order valence-electron chi connectivity index (χ0n) is 3.84. The molecule has 0 rings (SSSR count). The molecule has 0 heterocycles. The topological polar surface area (TPSA) is 98.2 Å². The van der Waals surface area contributed by atoms with Crippen LogP contribution in [0.3, 0.4) is 0 Å². The molecule has 0 bridgehead atoms. The zero-order chi connectivity index (χ0) is 8.50. The van der Waals surface area contributed by atoms with Gasteiger partial charge in [-0.2, -0.15) is 0 Å². The summed E-state index contributed by atoms with van der Waals surface area (Å²) in [5, 5.41) is 15.5. The van der Waals surface area contributed by atoms with Crippen molar-refractivity contribution in [2.75, 3.05) is 0 Å². The summed E-state index contributed by atoms with van der Waals surface area (Å²) in [7, 11) is 17.0. The second-order valence-electron chi connectivity index (χ2n) is 0.303. The Kier molecular flexibility index (Phi) is 23.2. The van der Waals surface area contributed by atoms with Crippen LogP contribution in [0.15, 0.2) is 0 Å². The molecule has 0 aromatic rings. The van der Waals surface area contributed by atoms with E-state index in [1.807, 2.05) is 0 Å². The van der Waals surface area contributed by atoms with Crippen molar-refractivity contribution in [3.05, 3.63) is 10.4 Å². The molecule has 0 amide bonds. The van der Waals surface area contributed by atoms with E-state index in [1.54, 1.807) is 0 Å². The van der Waals surface area contributed by atoms with Gasteiger partial charge in [-0.25, -0.2) is 0 Å². The van der Waals surface area contributed by atoms with E-state index in [4.69, 9.17) is 49.2 Å². The van der Waals surface area contributed by atoms with Gasteiger partial charge in [0, 0.05) is 0 Å². The molecule has 0 aliphatic rings. The Morgan fingerprint density at radius 2 is 0.778 bits per heavy atom. The van der Waals surface area contributed by atoms with Gasteiger partial charge >= 0.3 is 49.6 Å². The van der Waals surface area contributed by atoms with Crippen LogP contribution in [0.25, 0.3) is 0 Å².